The Bertz CT molecular complexity index is 1030. The molecule has 0 aromatic heterocycles. The second-order valence-corrected chi connectivity index (χ2v) is 10.5. The second kappa shape index (κ2) is 12.3. The molecule has 6 nitrogen and oxygen atoms in total. The van der Waals surface area contributed by atoms with Crippen LogP contribution in [0.2, 0.25) is 0 Å². The van der Waals surface area contributed by atoms with Crippen molar-refractivity contribution in [1.29, 1.82) is 0 Å². The number of ether oxygens (including phenoxy) is 3. The lowest BCUT2D eigenvalue weighted by Gasteiger charge is -2.20. The van der Waals surface area contributed by atoms with E-state index in [4.69, 9.17) is 14.2 Å². The third-order valence-corrected chi connectivity index (χ3v) is 5.95. The Kier molecular flexibility index (Phi) is 10.0. The van der Waals surface area contributed by atoms with Crippen LogP contribution in [0.5, 0.6) is 17.2 Å². The summed E-state index contributed by atoms with van der Waals surface area (Å²) < 4.78 is 54.1. The summed E-state index contributed by atoms with van der Waals surface area (Å²) in [5.41, 5.74) is 1.46. The smallest absolute Gasteiger partial charge is 0.438 e. The lowest BCUT2D eigenvalue weighted by molar-refractivity contribution is -0.584. The van der Waals surface area contributed by atoms with Crippen molar-refractivity contribution >= 4 is 23.6 Å². The van der Waals surface area contributed by atoms with E-state index >= 15 is 0 Å². The minimum absolute atomic E-state index is 0.0589. The van der Waals surface area contributed by atoms with E-state index in [0.29, 0.717) is 39.4 Å². The van der Waals surface area contributed by atoms with Gasteiger partial charge in [0, 0.05) is 16.1 Å². The van der Waals surface area contributed by atoms with Crippen LogP contribution in [0.4, 0.5) is 13.2 Å². The Balaban J connectivity index is 2.37. The van der Waals surface area contributed by atoms with Crippen molar-refractivity contribution in [2.24, 2.45) is 0 Å². The number of carbonyl (C=O) groups excluding carboxylic acids is 2. The number of hydrogen-bond acceptors (Lipinski definition) is 6. The third kappa shape index (κ3) is 9.81. The molecule has 0 aliphatic rings. The summed E-state index contributed by atoms with van der Waals surface area (Å²) in [6.07, 6.45) is -4.39. The number of primary amides is 1. The van der Waals surface area contributed by atoms with Crippen molar-refractivity contribution < 1.29 is 42.3 Å². The average molecular weight is 515 g/mol. The first-order valence-electron chi connectivity index (χ1n) is 11.0. The SMILES string of the molecule is CCOC(=O)Cc1ccc(OC)c(Oc2ccc(C(=O)[NH2+]CC(F)(F)F)cc2CSC(C)(C)C)c1. The van der Waals surface area contributed by atoms with E-state index in [0.717, 1.165) is 0 Å². The van der Waals surface area contributed by atoms with Gasteiger partial charge < -0.3 is 14.2 Å². The number of hydrogen-bond donors (Lipinski definition) is 1. The second-order valence-electron chi connectivity index (χ2n) is 8.68. The van der Waals surface area contributed by atoms with Crippen LogP contribution < -0.4 is 14.8 Å². The topological polar surface area (TPSA) is 78.4 Å². The molecule has 0 bridgehead atoms. The maximum Gasteiger partial charge on any atom is 0.438 e. The number of esters is 1. The Morgan fingerprint density at radius 3 is 2.29 bits per heavy atom. The summed E-state index contributed by atoms with van der Waals surface area (Å²) in [5.74, 6) is 0.614. The fraction of sp³-hybridized carbons (Fsp3) is 0.440. The molecule has 2 rings (SSSR count). The van der Waals surface area contributed by atoms with Gasteiger partial charge in [-0.3, -0.25) is 10.1 Å². The van der Waals surface area contributed by atoms with Crippen LogP contribution in [0.15, 0.2) is 36.4 Å². The molecule has 35 heavy (non-hydrogen) atoms. The summed E-state index contributed by atoms with van der Waals surface area (Å²) in [7, 11) is 1.49. The molecule has 0 atom stereocenters. The fourth-order valence-corrected chi connectivity index (χ4v) is 3.79. The Morgan fingerprint density at radius 2 is 1.69 bits per heavy atom. The summed E-state index contributed by atoms with van der Waals surface area (Å²) >= 11 is 1.60. The van der Waals surface area contributed by atoms with Crippen LogP contribution in [0.1, 0.15) is 49.2 Å². The predicted molar refractivity (Wildman–Crippen MR) is 128 cm³/mol. The molecule has 0 aliphatic carbocycles. The quantitative estimate of drug-likeness (QED) is 0.455. The summed E-state index contributed by atoms with van der Waals surface area (Å²) in [4.78, 5) is 24.2. The number of nitrogens with two attached hydrogens (primary N) is 1. The first-order chi connectivity index (χ1) is 16.3. The highest BCUT2D eigenvalue weighted by molar-refractivity contribution is 7.99. The van der Waals surface area contributed by atoms with Crippen LogP contribution in [-0.4, -0.2) is 43.1 Å². The molecule has 0 saturated heterocycles. The monoisotopic (exact) mass is 514 g/mol. The lowest BCUT2D eigenvalue weighted by Crippen LogP contribution is -2.90. The number of alkyl halides is 3. The van der Waals surface area contributed by atoms with Crippen molar-refractivity contribution in [1.82, 2.24) is 0 Å². The third-order valence-electron chi connectivity index (χ3n) is 4.63. The molecule has 2 aromatic rings. The van der Waals surface area contributed by atoms with Crippen molar-refractivity contribution in [3.05, 3.63) is 53.1 Å². The molecule has 10 heteroatoms. The van der Waals surface area contributed by atoms with E-state index in [-0.39, 0.29) is 29.3 Å². The normalized spacial score (nSPS) is 11.8. The number of thioether (sulfide) groups is 1. The van der Waals surface area contributed by atoms with Crippen molar-refractivity contribution in [2.75, 3.05) is 20.3 Å². The zero-order chi connectivity index (χ0) is 26.2. The molecule has 1 amide bonds. The predicted octanol–water partition coefficient (Wildman–Crippen LogP) is 4.89. The lowest BCUT2D eigenvalue weighted by atomic mass is 10.1. The van der Waals surface area contributed by atoms with Gasteiger partial charge in [0.15, 0.2) is 18.0 Å². The number of methoxy groups -OCH3 is 1. The van der Waals surface area contributed by atoms with Gasteiger partial charge in [-0.05, 0) is 42.8 Å². The van der Waals surface area contributed by atoms with Gasteiger partial charge in [-0.15, -0.1) is 0 Å². The maximum atomic E-state index is 12.5. The van der Waals surface area contributed by atoms with E-state index in [1.807, 2.05) is 20.8 Å². The molecule has 0 spiro atoms. The van der Waals surface area contributed by atoms with Gasteiger partial charge in [0.1, 0.15) is 5.75 Å². The van der Waals surface area contributed by atoms with Crippen LogP contribution in [0.3, 0.4) is 0 Å². The largest absolute Gasteiger partial charge is 0.493 e. The molecular formula is C25H31F3NO5S+. The highest BCUT2D eigenvalue weighted by Crippen LogP contribution is 2.37. The van der Waals surface area contributed by atoms with Gasteiger partial charge in [-0.25, -0.2) is 4.79 Å². The Hall–Kier alpha value is -2.72. The molecule has 2 N–H and O–H groups in total. The first-order valence-corrected chi connectivity index (χ1v) is 12.0. The number of carbonyl (C=O) groups is 2. The number of quaternary nitrogens is 1. The molecule has 192 valence electrons. The molecule has 0 unspecified atom stereocenters. The zero-order valence-corrected chi connectivity index (χ0v) is 21.3. The average Bonchev–Trinajstić information content (AvgIpc) is 2.76. The molecule has 0 fully saturated rings. The summed E-state index contributed by atoms with van der Waals surface area (Å²) in [6.45, 7) is 6.82. The number of rotatable bonds is 10. The standard InChI is InChI=1S/C25H30F3NO5S/c1-6-33-22(30)12-16-7-9-20(32-5)21(11-16)34-19-10-8-17(23(31)29-15-25(26,27)28)13-18(19)14-35-24(2,3)4/h7-11,13H,6,12,14-15H2,1-5H3,(H,29,31)/p+1. The highest BCUT2D eigenvalue weighted by atomic mass is 32.2. The van der Waals surface area contributed by atoms with E-state index in [2.05, 4.69) is 0 Å². The van der Waals surface area contributed by atoms with Crippen LogP contribution in [-0.2, 0) is 21.7 Å². The first kappa shape index (κ1) is 28.5. The van der Waals surface area contributed by atoms with Crippen molar-refractivity contribution in [3.63, 3.8) is 0 Å². The van der Waals surface area contributed by atoms with Crippen LogP contribution >= 0.6 is 11.8 Å². The highest BCUT2D eigenvalue weighted by Gasteiger charge is 2.32. The molecule has 0 saturated carbocycles. The maximum absolute atomic E-state index is 12.5. The Morgan fingerprint density at radius 1 is 1.00 bits per heavy atom. The molecule has 0 heterocycles. The van der Waals surface area contributed by atoms with E-state index in [1.54, 1.807) is 49.0 Å². The number of amides is 1. The van der Waals surface area contributed by atoms with Crippen molar-refractivity contribution in [3.8, 4) is 17.2 Å². The summed E-state index contributed by atoms with van der Waals surface area (Å²) in [5, 5.41) is 0.637. The van der Waals surface area contributed by atoms with Gasteiger partial charge in [0.25, 0.3) is 0 Å². The zero-order valence-electron chi connectivity index (χ0n) is 20.5. The van der Waals surface area contributed by atoms with E-state index < -0.39 is 18.6 Å². The van der Waals surface area contributed by atoms with Gasteiger partial charge in [-0.1, -0.05) is 26.8 Å². The van der Waals surface area contributed by atoms with Gasteiger partial charge in [-0.2, -0.15) is 24.9 Å². The van der Waals surface area contributed by atoms with Gasteiger partial charge in [0.2, 0.25) is 0 Å². The molecule has 0 radical (unpaired) electrons. The van der Waals surface area contributed by atoms with E-state index in [1.165, 1.54) is 13.2 Å². The number of halogens is 3. The van der Waals surface area contributed by atoms with Crippen molar-refractivity contribution in [2.45, 2.75) is 50.8 Å². The molecule has 2 aromatic carbocycles. The van der Waals surface area contributed by atoms with Gasteiger partial charge in [0.05, 0.1) is 25.7 Å². The summed E-state index contributed by atoms with van der Waals surface area (Å²) in [6, 6.07) is 9.63. The number of benzene rings is 2. The van der Waals surface area contributed by atoms with Crippen LogP contribution in [0, 0.1) is 0 Å². The van der Waals surface area contributed by atoms with E-state index in [9.17, 15) is 22.8 Å². The molecular weight excluding hydrogens is 483 g/mol. The fourth-order valence-electron chi connectivity index (χ4n) is 2.97. The van der Waals surface area contributed by atoms with Crippen LogP contribution in [0.25, 0.3) is 0 Å². The minimum Gasteiger partial charge on any atom is -0.493 e. The Labute approximate surface area is 207 Å². The minimum atomic E-state index is -4.45. The molecule has 0 aliphatic heterocycles. The van der Waals surface area contributed by atoms with Gasteiger partial charge >= 0.3 is 18.1 Å².